The molecule has 1 aliphatic rings. The van der Waals surface area contributed by atoms with Crippen molar-refractivity contribution in [2.75, 3.05) is 13.6 Å². The molecule has 0 aliphatic carbocycles. The number of hydrogen-bond acceptors (Lipinski definition) is 3. The summed E-state index contributed by atoms with van der Waals surface area (Å²) < 4.78 is 2.01. The molecule has 6 heteroatoms. The topological polar surface area (TPSA) is 66.0 Å². The quantitative estimate of drug-likeness (QED) is 0.750. The molecule has 25 heavy (non-hydrogen) atoms. The minimum Gasteiger partial charge on any atom is -0.361 e. The molecule has 1 saturated heterocycles. The Bertz CT molecular complexity index is 896. The standard InChI is InChI=1S/C19H23N5O/c1-23-9-8-22-19(23)18-15(10-16(25)24(18)2)12-20-11-14-5-3-4-13-6-7-21-17(13)14/h3-9,15,18,20-21H,10-12H2,1-2H3/t15-,18+/m0/s1. The van der Waals surface area contributed by atoms with Crippen LogP contribution < -0.4 is 5.32 Å². The fraction of sp³-hybridized carbons (Fsp3) is 0.368. The molecular weight excluding hydrogens is 314 g/mol. The van der Waals surface area contributed by atoms with Gasteiger partial charge in [0.25, 0.3) is 0 Å². The van der Waals surface area contributed by atoms with Gasteiger partial charge in [-0.3, -0.25) is 4.79 Å². The van der Waals surface area contributed by atoms with E-state index >= 15 is 0 Å². The number of aromatic amines is 1. The van der Waals surface area contributed by atoms with Crippen LogP contribution in [0, 0.1) is 5.92 Å². The monoisotopic (exact) mass is 337 g/mol. The van der Waals surface area contributed by atoms with Crippen LogP contribution in [0.2, 0.25) is 0 Å². The predicted octanol–water partition coefficient (Wildman–Crippen LogP) is 2.21. The Morgan fingerprint density at radius 1 is 1.32 bits per heavy atom. The third-order valence-corrected chi connectivity index (χ3v) is 5.21. The van der Waals surface area contributed by atoms with E-state index in [4.69, 9.17) is 0 Å². The second kappa shape index (κ2) is 6.37. The average molecular weight is 337 g/mol. The van der Waals surface area contributed by atoms with Crippen molar-refractivity contribution in [2.45, 2.75) is 19.0 Å². The Morgan fingerprint density at radius 2 is 2.20 bits per heavy atom. The Kier molecular flexibility index (Phi) is 4.05. The maximum atomic E-state index is 12.2. The number of rotatable bonds is 5. The van der Waals surface area contributed by atoms with Gasteiger partial charge in [-0.25, -0.2) is 4.98 Å². The molecule has 1 amide bonds. The largest absolute Gasteiger partial charge is 0.361 e. The van der Waals surface area contributed by atoms with E-state index in [1.54, 1.807) is 6.20 Å². The van der Waals surface area contributed by atoms with Gasteiger partial charge in [0, 0.05) is 63.6 Å². The summed E-state index contributed by atoms with van der Waals surface area (Å²) in [4.78, 5) is 21.8. The van der Waals surface area contributed by atoms with Gasteiger partial charge in [0.15, 0.2) is 0 Å². The van der Waals surface area contributed by atoms with E-state index in [9.17, 15) is 4.79 Å². The summed E-state index contributed by atoms with van der Waals surface area (Å²) >= 11 is 0. The highest BCUT2D eigenvalue weighted by molar-refractivity contribution is 5.82. The van der Waals surface area contributed by atoms with Gasteiger partial charge in [0.2, 0.25) is 5.91 Å². The minimum atomic E-state index is 0.0290. The summed E-state index contributed by atoms with van der Waals surface area (Å²) in [5.74, 6) is 1.36. The number of aryl methyl sites for hydroxylation is 1. The van der Waals surface area contributed by atoms with Crippen molar-refractivity contribution in [1.29, 1.82) is 0 Å². The number of H-pyrrole nitrogens is 1. The molecule has 1 aliphatic heterocycles. The molecule has 130 valence electrons. The second-order valence-electron chi connectivity index (χ2n) is 6.80. The van der Waals surface area contributed by atoms with Crippen LogP contribution in [0.4, 0.5) is 0 Å². The lowest BCUT2D eigenvalue weighted by atomic mass is 9.99. The van der Waals surface area contributed by atoms with Crippen molar-refractivity contribution in [3.05, 3.63) is 54.2 Å². The molecule has 1 fully saturated rings. The van der Waals surface area contributed by atoms with Crippen molar-refractivity contribution in [3.8, 4) is 0 Å². The predicted molar refractivity (Wildman–Crippen MR) is 96.8 cm³/mol. The van der Waals surface area contributed by atoms with Gasteiger partial charge in [-0.15, -0.1) is 0 Å². The lowest BCUT2D eigenvalue weighted by molar-refractivity contribution is -0.127. The van der Waals surface area contributed by atoms with E-state index in [2.05, 4.69) is 39.6 Å². The van der Waals surface area contributed by atoms with Crippen LogP contribution in [-0.4, -0.2) is 38.9 Å². The minimum absolute atomic E-state index is 0.0290. The third-order valence-electron chi connectivity index (χ3n) is 5.21. The van der Waals surface area contributed by atoms with E-state index in [1.165, 1.54) is 16.5 Å². The number of benzene rings is 1. The molecule has 3 heterocycles. The number of para-hydroxylation sites is 1. The van der Waals surface area contributed by atoms with E-state index in [0.717, 1.165) is 18.9 Å². The summed E-state index contributed by atoms with van der Waals surface area (Å²) in [7, 11) is 3.86. The van der Waals surface area contributed by atoms with E-state index in [1.807, 2.05) is 36.0 Å². The highest BCUT2D eigenvalue weighted by Gasteiger charge is 2.40. The maximum absolute atomic E-state index is 12.2. The number of amides is 1. The molecule has 2 atom stereocenters. The molecule has 1 aromatic carbocycles. The molecule has 4 rings (SSSR count). The van der Waals surface area contributed by atoms with Gasteiger partial charge in [0.1, 0.15) is 5.82 Å². The van der Waals surface area contributed by atoms with Crippen molar-refractivity contribution in [1.82, 2.24) is 24.8 Å². The highest BCUT2D eigenvalue weighted by Crippen LogP contribution is 2.35. The number of nitrogens with zero attached hydrogens (tertiary/aromatic N) is 3. The number of hydrogen-bond donors (Lipinski definition) is 2. The summed E-state index contributed by atoms with van der Waals surface area (Å²) in [6.45, 7) is 1.56. The summed E-state index contributed by atoms with van der Waals surface area (Å²) in [5, 5.41) is 4.77. The number of nitrogens with one attached hydrogen (secondary N) is 2. The van der Waals surface area contributed by atoms with Gasteiger partial charge in [-0.05, 0) is 17.0 Å². The molecule has 6 nitrogen and oxygen atoms in total. The van der Waals surface area contributed by atoms with Crippen molar-refractivity contribution >= 4 is 16.8 Å². The van der Waals surface area contributed by atoms with Crippen LogP contribution >= 0.6 is 0 Å². The Labute approximate surface area is 146 Å². The number of fused-ring (bicyclic) bond motifs is 1. The Morgan fingerprint density at radius 3 is 3.00 bits per heavy atom. The zero-order valence-corrected chi connectivity index (χ0v) is 14.6. The maximum Gasteiger partial charge on any atom is 0.223 e. The molecule has 2 N–H and O–H groups in total. The first-order chi connectivity index (χ1) is 12.1. The van der Waals surface area contributed by atoms with Crippen molar-refractivity contribution < 1.29 is 4.79 Å². The van der Waals surface area contributed by atoms with Gasteiger partial charge in [0.05, 0.1) is 6.04 Å². The van der Waals surface area contributed by atoms with Crippen LogP contribution in [0.25, 0.3) is 10.9 Å². The Hall–Kier alpha value is -2.60. The fourth-order valence-corrected chi connectivity index (χ4v) is 3.87. The van der Waals surface area contributed by atoms with Crippen LogP contribution in [0.1, 0.15) is 23.9 Å². The Balaban J connectivity index is 1.47. The first kappa shape index (κ1) is 15.9. The van der Waals surface area contributed by atoms with Crippen LogP contribution in [0.5, 0.6) is 0 Å². The molecular formula is C19H23N5O. The molecule has 2 aromatic heterocycles. The first-order valence-electron chi connectivity index (χ1n) is 8.63. The summed E-state index contributed by atoms with van der Waals surface area (Å²) in [6, 6.07) is 8.43. The van der Waals surface area contributed by atoms with Crippen LogP contribution in [-0.2, 0) is 18.4 Å². The number of carbonyl (C=O) groups is 1. The number of likely N-dealkylation sites (tertiary alicyclic amines) is 1. The van der Waals surface area contributed by atoms with E-state index < -0.39 is 0 Å². The van der Waals surface area contributed by atoms with Gasteiger partial charge >= 0.3 is 0 Å². The normalized spacial score (nSPS) is 20.7. The lowest BCUT2D eigenvalue weighted by Gasteiger charge is -2.24. The van der Waals surface area contributed by atoms with Crippen LogP contribution in [0.3, 0.4) is 0 Å². The van der Waals surface area contributed by atoms with E-state index in [0.29, 0.717) is 6.42 Å². The number of carbonyl (C=O) groups excluding carboxylic acids is 1. The highest BCUT2D eigenvalue weighted by atomic mass is 16.2. The summed E-state index contributed by atoms with van der Waals surface area (Å²) in [6.07, 6.45) is 6.26. The molecule has 0 bridgehead atoms. The fourth-order valence-electron chi connectivity index (χ4n) is 3.87. The zero-order valence-electron chi connectivity index (χ0n) is 14.6. The zero-order chi connectivity index (χ0) is 17.4. The molecule has 0 saturated carbocycles. The molecule has 0 spiro atoms. The third kappa shape index (κ3) is 2.82. The second-order valence-corrected chi connectivity index (χ2v) is 6.80. The van der Waals surface area contributed by atoms with E-state index in [-0.39, 0.29) is 17.9 Å². The summed E-state index contributed by atoms with van der Waals surface area (Å²) in [5.41, 5.74) is 2.42. The molecule has 0 unspecified atom stereocenters. The number of aromatic nitrogens is 3. The van der Waals surface area contributed by atoms with Gasteiger partial charge in [-0.2, -0.15) is 0 Å². The average Bonchev–Trinajstić information content (AvgIpc) is 3.29. The number of imidazole rings is 1. The van der Waals surface area contributed by atoms with Crippen molar-refractivity contribution in [3.63, 3.8) is 0 Å². The van der Waals surface area contributed by atoms with Crippen LogP contribution in [0.15, 0.2) is 42.9 Å². The smallest absolute Gasteiger partial charge is 0.223 e. The van der Waals surface area contributed by atoms with Crippen molar-refractivity contribution in [2.24, 2.45) is 13.0 Å². The lowest BCUT2D eigenvalue weighted by Crippen LogP contribution is -2.30. The molecule has 0 radical (unpaired) electrons. The first-order valence-corrected chi connectivity index (χ1v) is 8.63. The SMILES string of the molecule is CN1C(=O)C[C@@H](CNCc2cccc3cc[nH]c23)[C@@H]1c1nccn1C. The van der Waals surface area contributed by atoms with Gasteiger partial charge in [-0.1, -0.05) is 18.2 Å². The van der Waals surface area contributed by atoms with Gasteiger partial charge < -0.3 is 19.8 Å². The molecule has 3 aromatic rings.